The fourth-order valence-electron chi connectivity index (χ4n) is 0.720. The molecule has 1 rings (SSSR count). The maximum Gasteiger partial charge on any atom is 0.283 e. The van der Waals surface area contributed by atoms with Crippen molar-refractivity contribution in [2.24, 2.45) is 5.73 Å². The summed E-state index contributed by atoms with van der Waals surface area (Å²) in [7, 11) is 0. The van der Waals surface area contributed by atoms with Crippen LogP contribution in [-0.4, -0.2) is 5.91 Å². The molecule has 0 unspecified atom stereocenters. The molecule has 1 heterocycles. The quantitative estimate of drug-likeness (QED) is 0.623. The molecule has 0 aliphatic rings. The van der Waals surface area contributed by atoms with E-state index in [-0.39, 0.29) is 24.9 Å². The van der Waals surface area contributed by atoms with E-state index in [2.05, 4.69) is 0 Å². The van der Waals surface area contributed by atoms with Crippen molar-refractivity contribution in [2.75, 3.05) is 0 Å². The molecule has 0 radical (unpaired) electrons. The molecule has 1 aromatic heterocycles. The highest BCUT2D eigenvalue weighted by Gasteiger charge is 2.00. The Bertz CT molecular complexity index is 225. The van der Waals surface area contributed by atoms with Crippen LogP contribution in [0.3, 0.4) is 0 Å². The summed E-state index contributed by atoms with van der Waals surface area (Å²) in [5, 5.41) is 0. The highest BCUT2D eigenvalue weighted by atomic mass is 35.5. The molecule has 3 nitrogen and oxygen atoms in total. The lowest BCUT2D eigenvalue weighted by Crippen LogP contribution is -2.39. The number of hydrogen-bond donors (Lipinski definition) is 1. The molecular formula is C7H10ClN2O+. The Labute approximate surface area is 71.2 Å². The third-order valence-corrected chi connectivity index (χ3v) is 1.12. The Hall–Kier alpha value is -1.09. The second kappa shape index (κ2) is 4.68. The van der Waals surface area contributed by atoms with Crippen LogP contribution in [0.15, 0.2) is 30.6 Å². The van der Waals surface area contributed by atoms with E-state index in [0.29, 0.717) is 0 Å². The van der Waals surface area contributed by atoms with E-state index in [9.17, 15) is 4.79 Å². The van der Waals surface area contributed by atoms with Crippen molar-refractivity contribution in [1.29, 1.82) is 0 Å². The van der Waals surface area contributed by atoms with Crippen LogP contribution in [0.4, 0.5) is 0 Å². The van der Waals surface area contributed by atoms with Gasteiger partial charge < -0.3 is 5.73 Å². The number of nitrogens with zero attached hydrogens (tertiary/aromatic N) is 1. The first-order valence-electron chi connectivity index (χ1n) is 3.01. The minimum Gasteiger partial charge on any atom is -0.364 e. The first-order valence-corrected chi connectivity index (χ1v) is 3.01. The minimum atomic E-state index is -0.323. The monoisotopic (exact) mass is 173 g/mol. The fraction of sp³-hybridized carbons (Fsp3) is 0.143. The van der Waals surface area contributed by atoms with E-state index < -0.39 is 0 Å². The minimum absolute atomic E-state index is 0. The average molecular weight is 174 g/mol. The molecule has 4 heteroatoms. The van der Waals surface area contributed by atoms with Crippen LogP contribution in [0, 0.1) is 0 Å². The van der Waals surface area contributed by atoms with Gasteiger partial charge in [0.1, 0.15) is 0 Å². The number of pyridine rings is 1. The summed E-state index contributed by atoms with van der Waals surface area (Å²) in [6.07, 6.45) is 3.59. The molecule has 60 valence electrons. The third kappa shape index (κ3) is 3.57. The molecule has 0 saturated heterocycles. The normalized spacial score (nSPS) is 8.36. The van der Waals surface area contributed by atoms with Gasteiger partial charge in [0.05, 0.1) is 0 Å². The first kappa shape index (κ1) is 9.91. The van der Waals surface area contributed by atoms with E-state index in [1.165, 1.54) is 0 Å². The summed E-state index contributed by atoms with van der Waals surface area (Å²) >= 11 is 0. The molecule has 1 amide bonds. The van der Waals surface area contributed by atoms with Crippen molar-refractivity contribution in [3.8, 4) is 0 Å². The van der Waals surface area contributed by atoms with Crippen LogP contribution in [0.5, 0.6) is 0 Å². The van der Waals surface area contributed by atoms with Crippen LogP contribution < -0.4 is 10.3 Å². The molecule has 0 atom stereocenters. The molecule has 0 bridgehead atoms. The van der Waals surface area contributed by atoms with Gasteiger partial charge in [-0.05, 0) is 0 Å². The zero-order valence-electron chi connectivity index (χ0n) is 5.93. The van der Waals surface area contributed by atoms with Gasteiger partial charge in [0, 0.05) is 12.1 Å². The summed E-state index contributed by atoms with van der Waals surface area (Å²) in [4.78, 5) is 10.4. The van der Waals surface area contributed by atoms with E-state index >= 15 is 0 Å². The molecule has 2 N–H and O–H groups in total. The Kier molecular flexibility index (Phi) is 4.22. The van der Waals surface area contributed by atoms with Crippen molar-refractivity contribution in [3.63, 3.8) is 0 Å². The maximum atomic E-state index is 10.4. The van der Waals surface area contributed by atoms with Gasteiger partial charge in [-0.1, -0.05) is 6.07 Å². The maximum absolute atomic E-state index is 10.4. The molecule has 0 saturated carbocycles. The topological polar surface area (TPSA) is 47.0 Å². The van der Waals surface area contributed by atoms with Crippen molar-refractivity contribution < 1.29 is 9.36 Å². The predicted octanol–water partition coefficient (Wildman–Crippen LogP) is -0.119. The molecule has 11 heavy (non-hydrogen) atoms. The zero-order chi connectivity index (χ0) is 7.40. The van der Waals surface area contributed by atoms with Gasteiger partial charge in [0.2, 0.25) is 6.54 Å². The van der Waals surface area contributed by atoms with Crippen LogP contribution in [0.1, 0.15) is 0 Å². The van der Waals surface area contributed by atoms with Gasteiger partial charge in [-0.3, -0.25) is 4.79 Å². The Morgan fingerprint density at radius 3 is 2.27 bits per heavy atom. The molecule has 1 aromatic rings. The zero-order valence-corrected chi connectivity index (χ0v) is 6.75. The van der Waals surface area contributed by atoms with Crippen molar-refractivity contribution >= 4 is 18.3 Å². The Morgan fingerprint density at radius 2 is 1.82 bits per heavy atom. The first-order chi connectivity index (χ1) is 4.79. The van der Waals surface area contributed by atoms with E-state index in [1.54, 1.807) is 17.0 Å². The molecular weight excluding hydrogens is 164 g/mol. The number of amides is 1. The number of rotatable bonds is 2. The van der Waals surface area contributed by atoms with Crippen LogP contribution >= 0.6 is 12.4 Å². The van der Waals surface area contributed by atoms with Crippen LogP contribution in [-0.2, 0) is 11.3 Å². The largest absolute Gasteiger partial charge is 0.364 e. The molecule has 0 fully saturated rings. The molecule has 0 spiro atoms. The highest BCUT2D eigenvalue weighted by molar-refractivity contribution is 5.85. The third-order valence-electron chi connectivity index (χ3n) is 1.12. The Balaban J connectivity index is 0.000001000. The van der Waals surface area contributed by atoms with E-state index in [0.717, 1.165) is 0 Å². The smallest absolute Gasteiger partial charge is 0.283 e. The standard InChI is InChI=1S/C7H8N2O.ClH/c8-7(10)6-9-4-2-1-3-5-9;/h1-5H,6H2,(H-,8,10);1H/p+1. The summed E-state index contributed by atoms with van der Waals surface area (Å²) in [6.45, 7) is 0.251. The van der Waals surface area contributed by atoms with E-state index in [4.69, 9.17) is 5.73 Å². The van der Waals surface area contributed by atoms with Crippen molar-refractivity contribution in [1.82, 2.24) is 0 Å². The number of carbonyl (C=O) groups is 1. The lowest BCUT2D eigenvalue weighted by Gasteiger charge is -1.88. The van der Waals surface area contributed by atoms with Gasteiger partial charge in [0.15, 0.2) is 12.4 Å². The number of halogens is 1. The summed E-state index contributed by atoms with van der Waals surface area (Å²) < 4.78 is 1.72. The second-order valence-electron chi connectivity index (χ2n) is 2.01. The Morgan fingerprint density at radius 1 is 1.27 bits per heavy atom. The van der Waals surface area contributed by atoms with Gasteiger partial charge >= 0.3 is 0 Å². The average Bonchev–Trinajstić information content (AvgIpc) is 1.88. The highest BCUT2D eigenvalue weighted by Crippen LogP contribution is 1.75. The lowest BCUT2D eigenvalue weighted by molar-refractivity contribution is -0.684. The van der Waals surface area contributed by atoms with Crippen molar-refractivity contribution in [2.45, 2.75) is 6.54 Å². The van der Waals surface area contributed by atoms with Crippen LogP contribution in [0.25, 0.3) is 0 Å². The van der Waals surface area contributed by atoms with Gasteiger partial charge in [-0.15, -0.1) is 12.4 Å². The van der Waals surface area contributed by atoms with Crippen LogP contribution in [0.2, 0.25) is 0 Å². The number of primary amides is 1. The van der Waals surface area contributed by atoms with Gasteiger partial charge in [-0.25, -0.2) is 0 Å². The SMILES string of the molecule is Cl.NC(=O)C[n+]1ccccc1. The fourth-order valence-corrected chi connectivity index (χ4v) is 0.720. The number of hydrogen-bond acceptors (Lipinski definition) is 1. The molecule has 0 aliphatic heterocycles. The van der Waals surface area contributed by atoms with Gasteiger partial charge in [-0.2, -0.15) is 4.57 Å². The van der Waals surface area contributed by atoms with Gasteiger partial charge in [0.25, 0.3) is 5.91 Å². The number of aromatic nitrogens is 1. The van der Waals surface area contributed by atoms with E-state index in [1.807, 2.05) is 18.2 Å². The summed E-state index contributed by atoms with van der Waals surface area (Å²) in [5.41, 5.74) is 4.96. The molecule has 0 aliphatic carbocycles. The van der Waals surface area contributed by atoms with Crippen molar-refractivity contribution in [3.05, 3.63) is 30.6 Å². The number of carbonyl (C=O) groups excluding carboxylic acids is 1. The predicted molar refractivity (Wildman–Crippen MR) is 43.1 cm³/mol. The molecule has 0 aromatic carbocycles. The summed E-state index contributed by atoms with van der Waals surface area (Å²) in [5.74, 6) is -0.323. The number of nitrogens with two attached hydrogens (primary N) is 1. The summed E-state index contributed by atoms with van der Waals surface area (Å²) in [6, 6.07) is 5.59. The lowest BCUT2D eigenvalue weighted by atomic mass is 10.5. The second-order valence-corrected chi connectivity index (χ2v) is 2.01.